The minimum absolute atomic E-state index is 0.0464. The number of halogens is 1. The molecule has 0 radical (unpaired) electrons. The van der Waals surface area contributed by atoms with Crippen molar-refractivity contribution >= 4 is 21.6 Å². The first kappa shape index (κ1) is 19.3. The minimum atomic E-state index is -3.97. The number of anilines is 1. The summed E-state index contributed by atoms with van der Waals surface area (Å²) in [5, 5.41) is 2.76. The fourth-order valence-electron chi connectivity index (χ4n) is 2.88. The summed E-state index contributed by atoms with van der Waals surface area (Å²) in [6, 6.07) is 9.65. The van der Waals surface area contributed by atoms with Gasteiger partial charge in [-0.3, -0.25) is 9.52 Å². The van der Waals surface area contributed by atoms with E-state index in [0.717, 1.165) is 25.0 Å². The Kier molecular flexibility index (Phi) is 5.48. The second-order valence-corrected chi connectivity index (χ2v) is 8.42. The van der Waals surface area contributed by atoms with Gasteiger partial charge in [0.05, 0.1) is 16.1 Å². The van der Waals surface area contributed by atoms with Crippen LogP contribution in [0.2, 0.25) is 0 Å². The molecule has 27 heavy (non-hydrogen) atoms. The minimum Gasteiger partial charge on any atom is -0.350 e. The van der Waals surface area contributed by atoms with Crippen molar-refractivity contribution in [1.82, 2.24) is 5.32 Å². The zero-order valence-corrected chi connectivity index (χ0v) is 15.7. The number of aryl methyl sites for hydroxylation is 1. The number of rotatable bonds is 7. The zero-order valence-electron chi connectivity index (χ0n) is 14.9. The number of amides is 1. The smallest absolute Gasteiger partial charge is 0.262 e. The number of carbonyl (C=O) groups is 1. The molecule has 144 valence electrons. The van der Waals surface area contributed by atoms with Crippen LogP contribution in [0.25, 0.3) is 0 Å². The molecule has 0 bridgehead atoms. The molecule has 1 saturated carbocycles. The Morgan fingerprint density at radius 2 is 1.96 bits per heavy atom. The summed E-state index contributed by atoms with van der Waals surface area (Å²) in [5.41, 5.74) is 6.62. The number of hydrogen-bond donors (Lipinski definition) is 3. The lowest BCUT2D eigenvalue weighted by Gasteiger charge is -2.15. The number of carbonyl (C=O) groups excluding carboxylic acids is 1. The summed E-state index contributed by atoms with van der Waals surface area (Å²) in [7, 11) is -3.97. The molecule has 0 saturated heterocycles. The molecule has 1 amide bonds. The molecule has 0 aromatic heterocycles. The van der Waals surface area contributed by atoms with E-state index in [1.807, 2.05) is 0 Å². The van der Waals surface area contributed by atoms with Crippen LogP contribution in [0.5, 0.6) is 0 Å². The van der Waals surface area contributed by atoms with E-state index in [9.17, 15) is 17.6 Å². The number of benzene rings is 2. The zero-order chi connectivity index (χ0) is 19.6. The fourth-order valence-corrected chi connectivity index (χ4v) is 4.19. The van der Waals surface area contributed by atoms with Gasteiger partial charge in [-0.2, -0.15) is 0 Å². The van der Waals surface area contributed by atoms with Crippen LogP contribution >= 0.6 is 0 Å². The van der Waals surface area contributed by atoms with Crippen molar-refractivity contribution in [2.45, 2.75) is 30.7 Å². The van der Waals surface area contributed by atoms with E-state index in [-0.39, 0.29) is 27.8 Å². The molecule has 1 fully saturated rings. The van der Waals surface area contributed by atoms with Crippen LogP contribution < -0.4 is 15.8 Å². The first-order chi connectivity index (χ1) is 12.8. The van der Waals surface area contributed by atoms with Crippen LogP contribution in [0.4, 0.5) is 10.1 Å². The van der Waals surface area contributed by atoms with Crippen molar-refractivity contribution in [1.29, 1.82) is 0 Å². The van der Waals surface area contributed by atoms with Gasteiger partial charge in [0.1, 0.15) is 5.82 Å². The van der Waals surface area contributed by atoms with Gasteiger partial charge >= 0.3 is 0 Å². The van der Waals surface area contributed by atoms with Gasteiger partial charge in [0.25, 0.3) is 15.9 Å². The lowest BCUT2D eigenvalue weighted by atomic mass is 10.1. The van der Waals surface area contributed by atoms with Crippen molar-refractivity contribution in [2.24, 2.45) is 11.7 Å². The van der Waals surface area contributed by atoms with Gasteiger partial charge < -0.3 is 11.1 Å². The predicted octanol–water partition coefficient (Wildman–Crippen LogP) is 2.40. The summed E-state index contributed by atoms with van der Waals surface area (Å²) in [4.78, 5) is 12.4. The third-order valence-electron chi connectivity index (χ3n) is 4.57. The van der Waals surface area contributed by atoms with Crippen molar-refractivity contribution in [3.8, 4) is 0 Å². The third-order valence-corrected chi connectivity index (χ3v) is 6.09. The second kappa shape index (κ2) is 7.66. The standard InChI is InChI=1S/C19H22FN3O3S/c1-12-10-14(20)8-9-18(12)27(25,26)23-17-5-3-2-4-15(17)19(24)22-11-16(21)13-6-7-13/h2-5,8-10,13,16,23H,6-7,11,21H2,1H3,(H,22,24). The molecule has 2 aromatic carbocycles. The topological polar surface area (TPSA) is 101 Å². The molecular formula is C19H22FN3O3S. The summed E-state index contributed by atoms with van der Waals surface area (Å²) >= 11 is 0. The van der Waals surface area contributed by atoms with E-state index in [1.165, 1.54) is 25.1 Å². The molecule has 8 heteroatoms. The van der Waals surface area contributed by atoms with Gasteiger partial charge in [-0.1, -0.05) is 12.1 Å². The van der Waals surface area contributed by atoms with Crippen molar-refractivity contribution in [2.75, 3.05) is 11.3 Å². The Bertz CT molecular complexity index is 958. The highest BCUT2D eigenvalue weighted by Crippen LogP contribution is 2.31. The molecule has 4 N–H and O–H groups in total. The summed E-state index contributed by atoms with van der Waals surface area (Å²) in [6.07, 6.45) is 2.15. The van der Waals surface area contributed by atoms with Gasteiger partial charge in [0, 0.05) is 12.6 Å². The molecule has 1 atom stereocenters. The van der Waals surface area contributed by atoms with Crippen LogP contribution in [-0.4, -0.2) is 26.9 Å². The highest BCUT2D eigenvalue weighted by atomic mass is 32.2. The van der Waals surface area contributed by atoms with E-state index in [4.69, 9.17) is 5.73 Å². The van der Waals surface area contributed by atoms with E-state index < -0.39 is 21.7 Å². The summed E-state index contributed by atoms with van der Waals surface area (Å²) in [5.74, 6) is -0.473. The van der Waals surface area contributed by atoms with E-state index >= 15 is 0 Å². The van der Waals surface area contributed by atoms with Gasteiger partial charge in [0.2, 0.25) is 0 Å². The van der Waals surface area contributed by atoms with Gasteiger partial charge in [-0.15, -0.1) is 0 Å². The normalized spacial score (nSPS) is 15.2. The highest BCUT2D eigenvalue weighted by Gasteiger charge is 2.29. The van der Waals surface area contributed by atoms with Gasteiger partial charge in [-0.05, 0) is 61.6 Å². The van der Waals surface area contributed by atoms with Crippen LogP contribution in [0.3, 0.4) is 0 Å². The Balaban J connectivity index is 1.79. The van der Waals surface area contributed by atoms with E-state index in [0.29, 0.717) is 12.5 Å². The quantitative estimate of drug-likeness (QED) is 0.675. The first-order valence-corrected chi connectivity index (χ1v) is 10.2. The largest absolute Gasteiger partial charge is 0.350 e. The van der Waals surface area contributed by atoms with Gasteiger partial charge in [0.15, 0.2) is 0 Å². The SMILES string of the molecule is Cc1cc(F)ccc1S(=O)(=O)Nc1ccccc1C(=O)NCC(N)C1CC1. The molecule has 1 aliphatic rings. The first-order valence-electron chi connectivity index (χ1n) is 8.70. The van der Waals surface area contributed by atoms with E-state index in [2.05, 4.69) is 10.0 Å². The Labute approximate surface area is 158 Å². The maximum Gasteiger partial charge on any atom is 0.262 e. The molecule has 0 heterocycles. The molecule has 1 unspecified atom stereocenters. The van der Waals surface area contributed by atoms with Crippen molar-refractivity contribution < 1.29 is 17.6 Å². The summed E-state index contributed by atoms with van der Waals surface area (Å²) < 4.78 is 41.1. The van der Waals surface area contributed by atoms with Crippen molar-refractivity contribution in [3.05, 3.63) is 59.4 Å². The fraction of sp³-hybridized carbons (Fsp3) is 0.316. The second-order valence-electron chi connectivity index (χ2n) is 6.77. The summed E-state index contributed by atoms with van der Waals surface area (Å²) in [6.45, 7) is 1.84. The van der Waals surface area contributed by atoms with Gasteiger partial charge in [-0.25, -0.2) is 12.8 Å². The molecular weight excluding hydrogens is 369 g/mol. The third kappa shape index (κ3) is 4.64. The lowest BCUT2D eigenvalue weighted by molar-refractivity contribution is 0.0951. The number of nitrogens with one attached hydrogen (secondary N) is 2. The number of sulfonamides is 1. The van der Waals surface area contributed by atoms with Crippen LogP contribution in [0.15, 0.2) is 47.4 Å². The van der Waals surface area contributed by atoms with Crippen LogP contribution in [0, 0.1) is 18.7 Å². The molecule has 3 rings (SSSR count). The monoisotopic (exact) mass is 391 g/mol. The maximum absolute atomic E-state index is 13.3. The molecule has 2 aromatic rings. The van der Waals surface area contributed by atoms with E-state index in [1.54, 1.807) is 12.1 Å². The number of nitrogens with two attached hydrogens (primary N) is 1. The van der Waals surface area contributed by atoms with Crippen molar-refractivity contribution in [3.63, 3.8) is 0 Å². The Hall–Kier alpha value is -2.45. The molecule has 1 aliphatic carbocycles. The van der Waals surface area contributed by atoms with Crippen LogP contribution in [-0.2, 0) is 10.0 Å². The van der Waals surface area contributed by atoms with Crippen LogP contribution in [0.1, 0.15) is 28.8 Å². The number of hydrogen-bond acceptors (Lipinski definition) is 4. The average molecular weight is 391 g/mol. The Morgan fingerprint density at radius 3 is 2.63 bits per heavy atom. The molecule has 6 nitrogen and oxygen atoms in total. The predicted molar refractivity (Wildman–Crippen MR) is 101 cm³/mol. The molecule has 0 spiro atoms. The number of para-hydroxylation sites is 1. The average Bonchev–Trinajstić information content (AvgIpc) is 3.44. The lowest BCUT2D eigenvalue weighted by Crippen LogP contribution is -2.38. The Morgan fingerprint density at radius 1 is 1.26 bits per heavy atom. The highest BCUT2D eigenvalue weighted by molar-refractivity contribution is 7.92. The molecule has 0 aliphatic heterocycles. The maximum atomic E-state index is 13.3.